The van der Waals surface area contributed by atoms with Crippen LogP contribution in [-0.2, 0) is 5.41 Å². The number of nitrogens with two attached hydrogens (primary N) is 2. The zero-order valence-corrected chi connectivity index (χ0v) is 19.9. The van der Waals surface area contributed by atoms with Crippen LogP contribution in [-0.4, -0.2) is 51.2 Å². The third-order valence-electron chi connectivity index (χ3n) is 6.92. The minimum atomic E-state index is -0.711. The molecular weight excluding hydrogens is 459 g/mol. The van der Waals surface area contributed by atoms with Crippen molar-refractivity contribution in [2.24, 2.45) is 0 Å². The normalized spacial score (nSPS) is 21.0. The van der Waals surface area contributed by atoms with E-state index in [2.05, 4.69) is 20.4 Å². The number of nitrogens with one attached hydrogen (secondary N) is 1. The van der Waals surface area contributed by atoms with Crippen molar-refractivity contribution in [2.75, 3.05) is 37.4 Å². The first-order valence-electron chi connectivity index (χ1n) is 11.0. The monoisotopic (exact) mass is 484 g/mol. The van der Waals surface area contributed by atoms with Gasteiger partial charge in [0.25, 0.3) is 5.91 Å². The minimum absolute atomic E-state index is 0.0719. The molecule has 5 rings (SSSR count). The van der Waals surface area contributed by atoms with Gasteiger partial charge in [0.2, 0.25) is 5.95 Å². The van der Waals surface area contributed by atoms with Crippen molar-refractivity contribution in [3.8, 4) is 11.1 Å². The van der Waals surface area contributed by atoms with Gasteiger partial charge in [0.15, 0.2) is 0 Å². The van der Waals surface area contributed by atoms with Crippen molar-refractivity contribution in [2.45, 2.75) is 37.6 Å². The van der Waals surface area contributed by atoms with Crippen LogP contribution in [0.3, 0.4) is 0 Å². The van der Waals surface area contributed by atoms with E-state index in [9.17, 15) is 4.79 Å². The molecule has 1 amide bonds. The van der Waals surface area contributed by atoms with E-state index in [1.807, 2.05) is 6.92 Å². The highest BCUT2D eigenvalue weighted by Gasteiger charge is 2.48. The van der Waals surface area contributed by atoms with Crippen LogP contribution < -0.4 is 16.8 Å². The van der Waals surface area contributed by atoms with Gasteiger partial charge in [-0.15, -0.1) is 0 Å². The fourth-order valence-corrected chi connectivity index (χ4v) is 5.73. The number of anilines is 3. The van der Waals surface area contributed by atoms with Gasteiger partial charge in [-0.3, -0.25) is 4.79 Å². The number of aryl methyl sites for hydroxylation is 1. The summed E-state index contributed by atoms with van der Waals surface area (Å²) in [6.07, 6.45) is 3.98. The smallest absolute Gasteiger partial charge is 0.258 e. The lowest BCUT2D eigenvalue weighted by Gasteiger charge is -2.25. The Morgan fingerprint density at radius 1 is 1.32 bits per heavy atom. The van der Waals surface area contributed by atoms with Gasteiger partial charge in [-0.25, -0.2) is 14.1 Å². The first-order chi connectivity index (χ1) is 16.1. The van der Waals surface area contributed by atoms with E-state index in [0.29, 0.717) is 34.7 Å². The molecule has 0 bridgehead atoms. The maximum atomic E-state index is 15.6. The van der Waals surface area contributed by atoms with E-state index in [-0.39, 0.29) is 28.3 Å². The third-order valence-corrected chi connectivity index (χ3v) is 7.31. The van der Waals surface area contributed by atoms with E-state index < -0.39 is 11.7 Å². The summed E-state index contributed by atoms with van der Waals surface area (Å²) in [4.78, 5) is 22.6. The van der Waals surface area contributed by atoms with Gasteiger partial charge in [-0.05, 0) is 38.3 Å². The number of nitrogen functional groups attached to an aromatic ring is 2. The highest BCUT2D eigenvalue weighted by atomic mass is 35.5. The lowest BCUT2D eigenvalue weighted by molar-refractivity contribution is 0.0824. The van der Waals surface area contributed by atoms with Crippen molar-refractivity contribution in [3.63, 3.8) is 0 Å². The third kappa shape index (κ3) is 3.27. The second kappa shape index (κ2) is 7.83. The predicted molar refractivity (Wildman–Crippen MR) is 129 cm³/mol. The molecule has 34 heavy (non-hydrogen) atoms. The van der Waals surface area contributed by atoms with Crippen LogP contribution in [0.5, 0.6) is 0 Å². The Balaban J connectivity index is 1.58. The van der Waals surface area contributed by atoms with Gasteiger partial charge in [0.05, 0.1) is 16.6 Å². The van der Waals surface area contributed by atoms with Crippen molar-refractivity contribution >= 4 is 35.0 Å². The van der Waals surface area contributed by atoms with Crippen LogP contribution in [0.25, 0.3) is 11.1 Å². The number of aromatic nitrogens is 4. The average Bonchev–Trinajstić information content (AvgIpc) is 3.47. The molecule has 0 saturated heterocycles. The molecule has 178 valence electrons. The number of rotatable bonds is 3. The summed E-state index contributed by atoms with van der Waals surface area (Å²) in [7, 11) is 3.10. The zero-order valence-electron chi connectivity index (χ0n) is 19.2. The molecule has 1 fully saturated rings. The Labute approximate surface area is 201 Å². The molecule has 1 aliphatic carbocycles. The number of hydrogen-bond donors (Lipinski definition) is 3. The first kappa shape index (κ1) is 22.4. The van der Waals surface area contributed by atoms with Crippen molar-refractivity contribution < 1.29 is 9.18 Å². The Kier molecular flexibility index (Phi) is 5.16. The SMILES string of the molecule is Cc1nc(N)n([C@@H]2CC[C@@]3(CNc4ncc(-c5ccc(N)c(C(=O)N(C)C)c5F)c(Cl)c43)C2)n1. The number of benzene rings is 1. The summed E-state index contributed by atoms with van der Waals surface area (Å²) in [5, 5.41) is 8.25. The Bertz CT molecular complexity index is 1320. The number of fused-ring (bicyclic) bond motifs is 2. The average molecular weight is 485 g/mol. The molecule has 2 atom stereocenters. The van der Waals surface area contributed by atoms with E-state index in [1.165, 1.54) is 23.2 Å². The van der Waals surface area contributed by atoms with Gasteiger partial charge in [-0.1, -0.05) is 11.6 Å². The lowest BCUT2D eigenvalue weighted by Crippen LogP contribution is -2.26. The summed E-state index contributed by atoms with van der Waals surface area (Å²) in [6.45, 7) is 2.48. The quantitative estimate of drug-likeness (QED) is 0.486. The fraction of sp³-hybridized carbons (Fsp3) is 0.391. The fourth-order valence-electron chi connectivity index (χ4n) is 5.29. The molecule has 2 aliphatic rings. The second-order valence-electron chi connectivity index (χ2n) is 9.29. The lowest BCUT2D eigenvalue weighted by atomic mass is 9.80. The van der Waals surface area contributed by atoms with E-state index in [1.54, 1.807) is 18.8 Å². The standard InChI is InChI=1S/C23H26ClFN8O/c1-11-30-22(27)33(31-11)12-6-7-23(8-12)10-29-20-17(23)18(24)14(9-28-20)13-4-5-15(26)16(19(13)25)21(34)32(2)3/h4-5,9,12H,6-8,10,26H2,1-3H3,(H,28,29)(H2,27,30,31)/t12-,23+/m1/s1. The molecular formula is C23H26ClFN8O. The molecule has 1 saturated carbocycles. The van der Waals surface area contributed by atoms with E-state index >= 15 is 4.39 Å². The van der Waals surface area contributed by atoms with Crippen molar-refractivity contribution in [3.05, 3.63) is 46.1 Å². The predicted octanol–water partition coefficient (Wildman–Crippen LogP) is 3.40. The van der Waals surface area contributed by atoms with E-state index in [0.717, 1.165) is 24.8 Å². The number of hydrogen-bond acceptors (Lipinski definition) is 7. The molecule has 5 N–H and O–H groups in total. The zero-order chi connectivity index (χ0) is 24.4. The Morgan fingerprint density at radius 3 is 2.76 bits per heavy atom. The number of nitrogens with zero attached hydrogens (tertiary/aromatic N) is 5. The van der Waals surface area contributed by atoms with Gasteiger partial charge < -0.3 is 21.7 Å². The maximum absolute atomic E-state index is 15.6. The molecule has 11 heteroatoms. The number of amides is 1. The summed E-state index contributed by atoms with van der Waals surface area (Å²) in [6, 6.07) is 3.14. The molecule has 0 unspecified atom stereocenters. The van der Waals surface area contributed by atoms with Crippen molar-refractivity contribution in [1.82, 2.24) is 24.6 Å². The first-order valence-corrected chi connectivity index (χ1v) is 11.4. The molecule has 0 radical (unpaired) electrons. The molecule has 3 heterocycles. The van der Waals surface area contributed by atoms with Gasteiger partial charge in [-0.2, -0.15) is 10.1 Å². The molecule has 3 aromatic rings. The molecule has 1 aliphatic heterocycles. The highest BCUT2D eigenvalue weighted by molar-refractivity contribution is 6.34. The summed E-state index contributed by atoms with van der Waals surface area (Å²) in [5.41, 5.74) is 13.1. The van der Waals surface area contributed by atoms with Crippen LogP contribution in [0.2, 0.25) is 5.02 Å². The number of carbonyl (C=O) groups is 1. The van der Waals surface area contributed by atoms with Crippen LogP contribution in [0.1, 0.15) is 47.1 Å². The molecule has 9 nitrogen and oxygen atoms in total. The van der Waals surface area contributed by atoms with Crippen LogP contribution in [0.4, 0.5) is 21.8 Å². The Hall–Kier alpha value is -3.40. The maximum Gasteiger partial charge on any atom is 0.258 e. The van der Waals surface area contributed by atoms with Crippen LogP contribution in [0.15, 0.2) is 18.3 Å². The summed E-state index contributed by atoms with van der Waals surface area (Å²) < 4.78 is 17.4. The molecule has 2 aromatic heterocycles. The number of pyridine rings is 1. The van der Waals surface area contributed by atoms with Gasteiger partial charge in [0.1, 0.15) is 17.5 Å². The summed E-state index contributed by atoms with van der Waals surface area (Å²) >= 11 is 6.96. The van der Waals surface area contributed by atoms with Crippen LogP contribution in [0, 0.1) is 12.7 Å². The number of carbonyl (C=O) groups excluding carboxylic acids is 1. The van der Waals surface area contributed by atoms with Gasteiger partial charge in [0, 0.05) is 54.6 Å². The Morgan fingerprint density at radius 2 is 2.09 bits per heavy atom. The van der Waals surface area contributed by atoms with Crippen molar-refractivity contribution in [1.29, 1.82) is 0 Å². The van der Waals surface area contributed by atoms with Gasteiger partial charge >= 0.3 is 0 Å². The van der Waals surface area contributed by atoms with Crippen LogP contribution >= 0.6 is 11.6 Å². The second-order valence-corrected chi connectivity index (χ2v) is 9.67. The highest BCUT2D eigenvalue weighted by Crippen LogP contribution is 2.54. The number of halogens is 2. The molecule has 1 aromatic carbocycles. The molecule has 1 spiro atoms. The minimum Gasteiger partial charge on any atom is -0.398 e. The van der Waals surface area contributed by atoms with E-state index in [4.69, 9.17) is 23.1 Å². The largest absolute Gasteiger partial charge is 0.398 e. The topological polar surface area (TPSA) is 128 Å². The summed E-state index contributed by atoms with van der Waals surface area (Å²) in [5.74, 6) is 0.493.